The summed E-state index contributed by atoms with van der Waals surface area (Å²) in [6.45, 7) is 1.68. The predicted octanol–water partition coefficient (Wildman–Crippen LogP) is 3.03. The molecule has 8 rings (SSSR count). The Bertz CT molecular complexity index is 1890. The van der Waals surface area contributed by atoms with Crippen LogP contribution < -0.4 is 5.32 Å². The van der Waals surface area contributed by atoms with E-state index in [-0.39, 0.29) is 46.3 Å². The molecule has 2 N–H and O–H groups in total. The number of carbonyl (C=O) groups excluding carboxylic acids is 3. The lowest BCUT2D eigenvalue weighted by atomic mass is 9.72. The normalized spacial score (nSPS) is 37.4. The summed E-state index contributed by atoms with van der Waals surface area (Å²) >= 11 is 0. The lowest BCUT2D eigenvalue weighted by molar-refractivity contribution is -0.315. The zero-order valence-corrected chi connectivity index (χ0v) is 25.8. The number of aliphatic hydroxyl groups is 1. The summed E-state index contributed by atoms with van der Waals surface area (Å²) in [7, 11) is 1.67. The van der Waals surface area contributed by atoms with Gasteiger partial charge in [-0.25, -0.2) is 0 Å². The first-order valence-electron chi connectivity index (χ1n) is 16.9. The SMILES string of the molecule is [2H][C@H]1C(C(=O)N[C@]2(C)O[C@@]3(O)[C@@H]4CCCN4C(=O)[C@H](Cc4ccccc4)N3C2=O)CN(C)[C@@H]2Cc3cn(C(F)(F)F)c4cccc(c34)[C@@]12[2H]. The Morgan fingerprint density at radius 1 is 1.19 bits per heavy atom. The van der Waals surface area contributed by atoms with Crippen molar-refractivity contribution in [1.29, 1.82) is 0 Å². The van der Waals surface area contributed by atoms with Crippen molar-refractivity contribution in [2.45, 2.75) is 81.0 Å². The largest absolute Gasteiger partial charge is 0.488 e. The molecule has 8 atom stereocenters. The first kappa shape index (κ1) is 28.1. The fraction of sp³-hybridized carbons (Fsp3) is 0.500. The van der Waals surface area contributed by atoms with Crippen LogP contribution in [0.1, 0.15) is 51.5 Å². The average Bonchev–Trinajstić information content (AvgIpc) is 3.74. The molecule has 4 fully saturated rings. The standard InChI is InChI=1S/C34H36F3N5O5/c1-32(31(45)42-26(14-19-8-4-3-5-9-19)30(44)40-13-7-12-27(40)33(42,46)47-32)38-29(43)21-15-23-22-10-6-11-24-28(22)20(16-25(23)39(2)17-21)18-41(24)34(35,36)37/h3-6,8-11,18,21,23,25-27,46H,7,12-17H2,1-2H3,(H,38,43)/t21?,23-,25-,26+,27+,32-,33+/m1/s1/i15D,23D/t15-,21?,23+,25+,26-,27-,32+,33-/m0. The second-order valence-electron chi connectivity index (χ2n) is 13.4. The number of rotatable bonds is 4. The Balaban J connectivity index is 1.12. The first-order valence-corrected chi connectivity index (χ1v) is 15.9. The highest BCUT2D eigenvalue weighted by Crippen LogP contribution is 2.48. The number of likely N-dealkylation sites (N-methyl/N-ethyl adjacent to an activating group) is 1. The number of nitrogens with zero attached hydrogens (tertiary/aromatic N) is 4. The summed E-state index contributed by atoms with van der Waals surface area (Å²) in [5.74, 6) is -7.14. The monoisotopic (exact) mass is 653 g/mol. The zero-order valence-electron chi connectivity index (χ0n) is 27.8. The minimum Gasteiger partial charge on any atom is -0.347 e. The maximum absolute atomic E-state index is 14.3. The van der Waals surface area contributed by atoms with Crippen LogP contribution in [0.15, 0.2) is 54.7 Å². The highest BCUT2D eigenvalue weighted by molar-refractivity contribution is 5.97. The van der Waals surface area contributed by atoms with Gasteiger partial charge >= 0.3 is 6.30 Å². The van der Waals surface area contributed by atoms with Gasteiger partial charge < -0.3 is 20.2 Å². The number of alkyl halides is 3. The molecule has 0 spiro atoms. The van der Waals surface area contributed by atoms with Gasteiger partial charge in [-0.05, 0) is 62.4 Å². The van der Waals surface area contributed by atoms with E-state index in [9.17, 15) is 35.4 Å². The number of hydrogen-bond donors (Lipinski definition) is 2. The van der Waals surface area contributed by atoms with Crippen molar-refractivity contribution in [3.05, 3.63) is 71.4 Å². The number of amides is 3. The fourth-order valence-electron chi connectivity index (χ4n) is 8.44. The Morgan fingerprint density at radius 2 is 1.96 bits per heavy atom. The molecule has 0 saturated carbocycles. The van der Waals surface area contributed by atoms with Gasteiger partial charge in [-0.2, -0.15) is 0 Å². The smallest absolute Gasteiger partial charge is 0.347 e. The van der Waals surface area contributed by atoms with Crippen molar-refractivity contribution >= 4 is 28.6 Å². The molecule has 1 aromatic heterocycles. The molecule has 4 saturated heterocycles. The minimum atomic E-state index is -4.69. The van der Waals surface area contributed by atoms with Crippen LogP contribution in [0.5, 0.6) is 0 Å². The number of piperidine rings is 1. The van der Waals surface area contributed by atoms with E-state index in [0.29, 0.717) is 24.9 Å². The lowest BCUT2D eigenvalue weighted by Gasteiger charge is -2.48. The van der Waals surface area contributed by atoms with Gasteiger partial charge in [0.1, 0.15) is 12.1 Å². The molecule has 10 nitrogen and oxygen atoms in total. The van der Waals surface area contributed by atoms with Crippen molar-refractivity contribution in [2.24, 2.45) is 5.92 Å². The molecule has 4 aliphatic heterocycles. The number of aromatic nitrogens is 1. The van der Waals surface area contributed by atoms with E-state index in [1.54, 1.807) is 18.0 Å². The summed E-state index contributed by atoms with van der Waals surface area (Å²) < 4.78 is 67.3. The van der Waals surface area contributed by atoms with E-state index in [0.717, 1.165) is 16.7 Å². The van der Waals surface area contributed by atoms with Gasteiger partial charge in [0.2, 0.25) is 17.5 Å². The van der Waals surface area contributed by atoms with Crippen molar-refractivity contribution in [2.75, 3.05) is 20.1 Å². The van der Waals surface area contributed by atoms with E-state index >= 15 is 0 Å². The molecule has 248 valence electrons. The maximum Gasteiger partial charge on any atom is 0.488 e. The molecule has 0 bridgehead atoms. The van der Waals surface area contributed by atoms with Gasteiger partial charge in [-0.1, -0.05) is 42.5 Å². The topological polar surface area (TPSA) is 107 Å². The Labute approximate surface area is 271 Å². The van der Waals surface area contributed by atoms with Crippen LogP contribution in [-0.2, 0) is 38.3 Å². The van der Waals surface area contributed by atoms with E-state index in [1.165, 1.54) is 24.0 Å². The third-order valence-corrected chi connectivity index (χ3v) is 10.5. The van der Waals surface area contributed by atoms with Crippen LogP contribution in [-0.4, -0.2) is 92.0 Å². The van der Waals surface area contributed by atoms with Gasteiger partial charge in [0, 0.05) is 45.8 Å². The second kappa shape index (κ2) is 10.3. The molecule has 5 aliphatic rings. The van der Waals surface area contributed by atoms with Crippen LogP contribution in [0.25, 0.3) is 10.9 Å². The van der Waals surface area contributed by atoms with Gasteiger partial charge in [0.25, 0.3) is 11.8 Å². The van der Waals surface area contributed by atoms with Crippen LogP contribution in [0.2, 0.25) is 0 Å². The summed E-state index contributed by atoms with van der Waals surface area (Å²) in [5, 5.41) is 15.0. The van der Waals surface area contributed by atoms with Crippen LogP contribution in [0, 0.1) is 5.92 Å². The number of likely N-dealkylation sites (tertiary alicyclic amines) is 1. The van der Waals surface area contributed by atoms with Gasteiger partial charge in [-0.3, -0.25) is 28.6 Å². The summed E-state index contributed by atoms with van der Waals surface area (Å²) in [6, 6.07) is 10.7. The van der Waals surface area contributed by atoms with Gasteiger partial charge in [0.05, 0.1) is 11.4 Å². The Morgan fingerprint density at radius 3 is 2.70 bits per heavy atom. The highest BCUT2D eigenvalue weighted by Gasteiger charge is 2.70. The number of halogens is 3. The molecule has 5 heterocycles. The molecule has 1 aliphatic carbocycles. The number of fused-ring (bicyclic) bond motifs is 5. The quantitative estimate of drug-likeness (QED) is 0.449. The van der Waals surface area contributed by atoms with Crippen molar-refractivity contribution in [3.8, 4) is 0 Å². The Kier molecular flexibility index (Phi) is 6.15. The summed E-state index contributed by atoms with van der Waals surface area (Å²) in [4.78, 5) is 46.5. The molecule has 47 heavy (non-hydrogen) atoms. The van der Waals surface area contributed by atoms with E-state index in [1.807, 2.05) is 30.3 Å². The summed E-state index contributed by atoms with van der Waals surface area (Å²) in [6.07, 6.45) is -3.92. The van der Waals surface area contributed by atoms with Gasteiger partial charge in [0.15, 0.2) is 0 Å². The molecule has 3 amide bonds. The first-order chi connectivity index (χ1) is 23.1. The minimum absolute atomic E-state index is 0.0135. The van der Waals surface area contributed by atoms with Crippen molar-refractivity contribution < 1.29 is 40.1 Å². The molecule has 3 aromatic rings. The zero-order chi connectivity index (χ0) is 34.8. The number of hydrogen-bond acceptors (Lipinski definition) is 6. The van der Waals surface area contributed by atoms with Crippen LogP contribution in [0.3, 0.4) is 0 Å². The second-order valence-corrected chi connectivity index (χ2v) is 13.4. The fourth-order valence-corrected chi connectivity index (χ4v) is 8.44. The van der Waals surface area contributed by atoms with Crippen molar-refractivity contribution in [3.63, 3.8) is 0 Å². The third kappa shape index (κ3) is 4.46. The lowest BCUT2D eigenvalue weighted by Crippen LogP contribution is -2.71. The number of benzene rings is 2. The molecule has 0 radical (unpaired) electrons. The van der Waals surface area contributed by atoms with Crippen LogP contribution >= 0.6 is 0 Å². The van der Waals surface area contributed by atoms with E-state index < -0.39 is 66.1 Å². The van der Waals surface area contributed by atoms with Gasteiger partial charge in [-0.15, -0.1) is 13.2 Å². The molecule has 2 aromatic carbocycles. The molecule has 1 unspecified atom stereocenters. The maximum atomic E-state index is 14.3. The highest BCUT2D eigenvalue weighted by atomic mass is 19.4. The van der Waals surface area contributed by atoms with E-state index in [2.05, 4.69) is 5.32 Å². The molecular weight excluding hydrogens is 615 g/mol. The van der Waals surface area contributed by atoms with Crippen molar-refractivity contribution in [1.82, 2.24) is 24.6 Å². The number of nitrogens with one attached hydrogen (secondary N) is 1. The molecular formula is C34H36F3N5O5. The number of ether oxygens (including phenoxy) is 1. The predicted molar refractivity (Wildman–Crippen MR) is 162 cm³/mol. The van der Waals surface area contributed by atoms with E-state index in [4.69, 9.17) is 4.74 Å². The average molecular weight is 654 g/mol. The summed E-state index contributed by atoms with van der Waals surface area (Å²) in [5.41, 5.74) is -0.818. The Hall–Kier alpha value is -3.94. The third-order valence-electron chi connectivity index (χ3n) is 10.5. The number of piperazine rings is 1. The number of carbonyl (C=O) groups is 3. The van der Waals surface area contributed by atoms with Crippen LogP contribution in [0.4, 0.5) is 13.2 Å². The molecule has 13 heteroatoms.